The molecule has 0 fully saturated rings. The lowest BCUT2D eigenvalue weighted by atomic mass is 10.1. The van der Waals surface area contributed by atoms with Crippen LogP contribution in [0.5, 0.6) is 5.75 Å². The van der Waals surface area contributed by atoms with E-state index in [0.717, 1.165) is 27.5 Å². The number of hydrogen-bond acceptors (Lipinski definition) is 5. The molecule has 8 heteroatoms. The Bertz CT molecular complexity index is 1180. The second-order valence-corrected chi connectivity index (χ2v) is 7.48. The Morgan fingerprint density at radius 3 is 2.83 bits per heavy atom. The number of thioether (sulfide) groups is 1. The van der Waals surface area contributed by atoms with Crippen molar-refractivity contribution in [3.05, 3.63) is 72.0 Å². The van der Waals surface area contributed by atoms with Crippen LogP contribution in [0.3, 0.4) is 0 Å². The molecule has 2 aromatic heterocycles. The van der Waals surface area contributed by atoms with E-state index in [1.807, 2.05) is 42.5 Å². The van der Waals surface area contributed by atoms with Crippen LogP contribution < -0.4 is 10.1 Å². The molecule has 0 radical (unpaired) electrons. The van der Waals surface area contributed by atoms with E-state index in [2.05, 4.69) is 15.4 Å². The smallest absolute Gasteiger partial charge is 0.234 e. The number of carbonyl (C=O) groups excluding carboxylic acids is 1. The molecule has 29 heavy (non-hydrogen) atoms. The van der Waals surface area contributed by atoms with Gasteiger partial charge in [-0.2, -0.15) is 5.10 Å². The van der Waals surface area contributed by atoms with Gasteiger partial charge in [-0.1, -0.05) is 47.6 Å². The minimum absolute atomic E-state index is 0.156. The van der Waals surface area contributed by atoms with E-state index in [4.69, 9.17) is 16.3 Å². The minimum atomic E-state index is -0.156. The molecule has 2 heterocycles. The average molecular weight is 425 g/mol. The molecule has 0 saturated carbocycles. The third kappa shape index (κ3) is 4.21. The van der Waals surface area contributed by atoms with Crippen molar-refractivity contribution in [1.82, 2.24) is 14.6 Å². The third-order valence-corrected chi connectivity index (χ3v) is 5.55. The summed E-state index contributed by atoms with van der Waals surface area (Å²) in [4.78, 5) is 16.7. The van der Waals surface area contributed by atoms with Gasteiger partial charge in [0.15, 0.2) is 0 Å². The zero-order valence-electron chi connectivity index (χ0n) is 15.5. The number of benzene rings is 2. The molecular formula is C21H17ClN4O2S. The zero-order valence-corrected chi connectivity index (χ0v) is 17.1. The van der Waals surface area contributed by atoms with E-state index >= 15 is 0 Å². The first-order valence-electron chi connectivity index (χ1n) is 8.80. The molecule has 2 aromatic carbocycles. The Morgan fingerprint density at radius 2 is 2.00 bits per heavy atom. The van der Waals surface area contributed by atoms with Crippen LogP contribution in [0, 0.1) is 0 Å². The number of para-hydroxylation sites is 2. The number of nitrogens with zero attached hydrogens (tertiary/aromatic N) is 3. The van der Waals surface area contributed by atoms with E-state index in [1.165, 1.54) is 11.8 Å². The maximum Gasteiger partial charge on any atom is 0.234 e. The lowest BCUT2D eigenvalue weighted by molar-refractivity contribution is -0.113. The maximum atomic E-state index is 12.3. The SMILES string of the molecule is COc1ccccc1-c1cc2c(SCC(=O)Nc3ccccc3Cl)nccn2n1. The monoisotopic (exact) mass is 424 g/mol. The standard InChI is InChI=1S/C21H17ClN4O2S/c1-28-19-9-5-2-6-14(19)17-12-18-21(23-10-11-26(18)25-17)29-13-20(27)24-16-8-4-3-7-15(16)22/h2-12H,13H2,1H3,(H,24,27). The Kier molecular flexibility index (Phi) is 5.69. The molecule has 6 nitrogen and oxygen atoms in total. The molecule has 1 N–H and O–H groups in total. The highest BCUT2D eigenvalue weighted by Crippen LogP contribution is 2.31. The topological polar surface area (TPSA) is 68.5 Å². The fourth-order valence-corrected chi connectivity index (χ4v) is 3.84. The van der Waals surface area contributed by atoms with Gasteiger partial charge < -0.3 is 10.1 Å². The summed E-state index contributed by atoms with van der Waals surface area (Å²) in [5, 5.41) is 8.66. The van der Waals surface area contributed by atoms with E-state index in [9.17, 15) is 4.79 Å². The number of carbonyl (C=O) groups is 1. The maximum absolute atomic E-state index is 12.3. The molecule has 4 rings (SSSR count). The molecule has 0 bridgehead atoms. The van der Waals surface area contributed by atoms with Crippen molar-refractivity contribution < 1.29 is 9.53 Å². The van der Waals surface area contributed by atoms with Crippen LogP contribution in [0.1, 0.15) is 0 Å². The van der Waals surface area contributed by atoms with Gasteiger partial charge >= 0.3 is 0 Å². The van der Waals surface area contributed by atoms with Crippen molar-refractivity contribution in [2.75, 3.05) is 18.2 Å². The number of methoxy groups -OCH3 is 1. The van der Waals surface area contributed by atoms with E-state index in [-0.39, 0.29) is 11.7 Å². The first-order valence-corrected chi connectivity index (χ1v) is 10.2. The van der Waals surface area contributed by atoms with Crippen LogP contribution >= 0.6 is 23.4 Å². The summed E-state index contributed by atoms with van der Waals surface area (Å²) in [6.45, 7) is 0. The Hall–Kier alpha value is -3.03. The molecule has 0 unspecified atom stereocenters. The van der Waals surface area contributed by atoms with Crippen molar-refractivity contribution >= 4 is 40.5 Å². The van der Waals surface area contributed by atoms with Gasteiger partial charge in [-0.15, -0.1) is 0 Å². The van der Waals surface area contributed by atoms with Crippen molar-refractivity contribution in [3.63, 3.8) is 0 Å². The van der Waals surface area contributed by atoms with Gasteiger partial charge in [0.1, 0.15) is 10.8 Å². The highest BCUT2D eigenvalue weighted by molar-refractivity contribution is 8.00. The summed E-state index contributed by atoms with van der Waals surface area (Å²) >= 11 is 7.44. The normalized spacial score (nSPS) is 10.8. The summed E-state index contributed by atoms with van der Waals surface area (Å²) in [7, 11) is 1.63. The number of amides is 1. The van der Waals surface area contributed by atoms with Crippen LogP contribution in [-0.4, -0.2) is 33.4 Å². The second kappa shape index (κ2) is 8.55. The van der Waals surface area contributed by atoms with Crippen molar-refractivity contribution in [2.45, 2.75) is 5.03 Å². The zero-order chi connectivity index (χ0) is 20.2. The first-order chi connectivity index (χ1) is 14.2. The summed E-state index contributed by atoms with van der Waals surface area (Å²) in [5.41, 5.74) is 3.08. The number of hydrogen-bond donors (Lipinski definition) is 1. The van der Waals surface area contributed by atoms with Crippen LogP contribution in [0.15, 0.2) is 72.0 Å². The van der Waals surface area contributed by atoms with Gasteiger partial charge in [0.25, 0.3) is 0 Å². The Balaban J connectivity index is 1.55. The van der Waals surface area contributed by atoms with Crippen molar-refractivity contribution in [1.29, 1.82) is 0 Å². The summed E-state index contributed by atoms with van der Waals surface area (Å²) < 4.78 is 7.19. The predicted molar refractivity (Wildman–Crippen MR) is 116 cm³/mol. The molecule has 0 spiro atoms. The summed E-state index contributed by atoms with van der Waals surface area (Å²) in [6, 6.07) is 16.8. The number of ether oxygens (including phenoxy) is 1. The van der Waals surface area contributed by atoms with E-state index in [0.29, 0.717) is 10.7 Å². The first kappa shape index (κ1) is 19.3. The Morgan fingerprint density at radius 1 is 1.21 bits per heavy atom. The van der Waals surface area contributed by atoms with E-state index in [1.54, 1.807) is 36.2 Å². The predicted octanol–water partition coefficient (Wildman–Crippen LogP) is 4.79. The van der Waals surface area contributed by atoms with Gasteiger partial charge in [0, 0.05) is 18.0 Å². The number of rotatable bonds is 6. The second-order valence-electron chi connectivity index (χ2n) is 6.11. The fraction of sp³-hybridized carbons (Fsp3) is 0.0952. The largest absolute Gasteiger partial charge is 0.496 e. The number of fused-ring (bicyclic) bond motifs is 1. The van der Waals surface area contributed by atoms with Gasteiger partial charge in [-0.05, 0) is 30.3 Å². The molecule has 0 aliphatic carbocycles. The van der Waals surface area contributed by atoms with Gasteiger partial charge in [0.2, 0.25) is 5.91 Å². The van der Waals surface area contributed by atoms with Crippen molar-refractivity contribution in [3.8, 4) is 17.0 Å². The van der Waals surface area contributed by atoms with E-state index < -0.39 is 0 Å². The molecular weight excluding hydrogens is 408 g/mol. The molecule has 1 amide bonds. The summed E-state index contributed by atoms with van der Waals surface area (Å²) in [5.74, 6) is 0.793. The minimum Gasteiger partial charge on any atom is -0.496 e. The lowest BCUT2D eigenvalue weighted by Crippen LogP contribution is -2.14. The molecule has 0 aliphatic rings. The highest BCUT2D eigenvalue weighted by atomic mass is 35.5. The average Bonchev–Trinajstić information content (AvgIpc) is 3.18. The number of halogens is 1. The van der Waals surface area contributed by atoms with Gasteiger partial charge in [-0.25, -0.2) is 9.50 Å². The van der Waals surface area contributed by atoms with Crippen LogP contribution in [0.25, 0.3) is 16.8 Å². The van der Waals surface area contributed by atoms with Gasteiger partial charge in [0.05, 0.1) is 34.8 Å². The lowest BCUT2D eigenvalue weighted by Gasteiger charge is -2.07. The highest BCUT2D eigenvalue weighted by Gasteiger charge is 2.14. The van der Waals surface area contributed by atoms with Gasteiger partial charge in [-0.3, -0.25) is 4.79 Å². The van der Waals surface area contributed by atoms with Crippen LogP contribution in [-0.2, 0) is 4.79 Å². The quantitative estimate of drug-likeness (QED) is 0.451. The molecule has 0 aliphatic heterocycles. The molecule has 0 saturated heterocycles. The number of anilines is 1. The summed E-state index contributed by atoms with van der Waals surface area (Å²) in [6.07, 6.45) is 3.45. The molecule has 4 aromatic rings. The fourth-order valence-electron chi connectivity index (χ4n) is 2.88. The van der Waals surface area contributed by atoms with Crippen molar-refractivity contribution in [2.24, 2.45) is 0 Å². The van der Waals surface area contributed by atoms with Crippen LogP contribution in [0.4, 0.5) is 5.69 Å². The number of aromatic nitrogens is 3. The number of nitrogens with one attached hydrogen (secondary N) is 1. The molecule has 0 atom stereocenters. The third-order valence-electron chi connectivity index (χ3n) is 4.23. The Labute approximate surface area is 176 Å². The molecule has 146 valence electrons. The van der Waals surface area contributed by atoms with Crippen LogP contribution in [0.2, 0.25) is 5.02 Å².